The van der Waals surface area contributed by atoms with Crippen LogP contribution in [0.3, 0.4) is 0 Å². The molecule has 0 radical (unpaired) electrons. The summed E-state index contributed by atoms with van der Waals surface area (Å²) in [6.07, 6.45) is 3.52. The third-order valence-corrected chi connectivity index (χ3v) is 6.16. The quantitative estimate of drug-likeness (QED) is 0.265. The predicted octanol–water partition coefficient (Wildman–Crippen LogP) is 5.87. The molecular formula is C24H31IO4. The van der Waals surface area contributed by atoms with Crippen LogP contribution in [0, 0.1) is 0 Å². The Hall–Kier alpha value is -0.990. The van der Waals surface area contributed by atoms with E-state index in [0.29, 0.717) is 13.2 Å². The molecule has 2 aromatic carbocycles. The van der Waals surface area contributed by atoms with Gasteiger partial charge in [-0.3, -0.25) is 0 Å². The molecule has 0 N–H and O–H groups in total. The summed E-state index contributed by atoms with van der Waals surface area (Å²) in [5.74, 6) is 0. The highest BCUT2D eigenvalue weighted by Gasteiger charge is 2.28. The molecule has 0 amide bonds. The smallest absolute Gasteiger partial charge is 0.158 e. The first-order chi connectivity index (χ1) is 14.3. The second kappa shape index (κ2) is 12.6. The lowest BCUT2D eigenvalue weighted by molar-refractivity contribution is -0.194. The lowest BCUT2D eigenvalue weighted by atomic mass is 9.97. The highest BCUT2D eigenvalue weighted by Crippen LogP contribution is 2.36. The Balaban J connectivity index is 1.85. The highest BCUT2D eigenvalue weighted by atomic mass is 127. The number of rotatable bonds is 7. The molecule has 5 heteroatoms. The van der Waals surface area contributed by atoms with Gasteiger partial charge in [0, 0.05) is 18.0 Å². The number of halogens is 1. The fourth-order valence-corrected chi connectivity index (χ4v) is 4.28. The molecule has 1 heterocycles. The molecule has 4 nitrogen and oxygen atoms in total. The van der Waals surface area contributed by atoms with E-state index in [1.165, 1.54) is 5.56 Å². The first kappa shape index (κ1) is 22.7. The average Bonchev–Trinajstić information content (AvgIpc) is 2.78. The van der Waals surface area contributed by atoms with Gasteiger partial charge in [-0.05, 0) is 30.4 Å². The molecule has 29 heavy (non-hydrogen) atoms. The van der Waals surface area contributed by atoms with Crippen molar-refractivity contribution in [1.29, 1.82) is 0 Å². The zero-order valence-corrected chi connectivity index (χ0v) is 19.2. The average molecular weight is 510 g/mol. The maximum Gasteiger partial charge on any atom is 0.158 e. The standard InChI is InChI=1S/C24H31IO4/c1-26-15-16-27-24-14-8-13-21(18-25)28-22(19-9-4-2-5-10-19)17-23(29-24)20-11-6-3-7-12-20/h2-7,9-12,21-24H,8,13-18H2,1H3/t21?,22-,23-,24+/m0/s1. The normalized spacial score (nSPS) is 26.1. The highest BCUT2D eigenvalue weighted by molar-refractivity contribution is 14.1. The van der Waals surface area contributed by atoms with Crippen LogP contribution >= 0.6 is 22.6 Å². The van der Waals surface area contributed by atoms with Gasteiger partial charge in [0.25, 0.3) is 0 Å². The molecule has 0 saturated carbocycles. The number of methoxy groups -OCH3 is 1. The van der Waals surface area contributed by atoms with Gasteiger partial charge in [0.15, 0.2) is 6.29 Å². The van der Waals surface area contributed by atoms with E-state index in [1.807, 2.05) is 12.1 Å². The molecule has 1 aliphatic heterocycles. The van der Waals surface area contributed by atoms with E-state index in [-0.39, 0.29) is 24.6 Å². The monoisotopic (exact) mass is 510 g/mol. The Morgan fingerprint density at radius 1 is 0.862 bits per heavy atom. The van der Waals surface area contributed by atoms with Gasteiger partial charge in [-0.1, -0.05) is 83.3 Å². The molecule has 1 unspecified atom stereocenters. The van der Waals surface area contributed by atoms with Gasteiger partial charge in [-0.2, -0.15) is 0 Å². The Kier molecular flexibility index (Phi) is 9.90. The van der Waals surface area contributed by atoms with Crippen LogP contribution in [0.4, 0.5) is 0 Å². The number of hydrogen-bond acceptors (Lipinski definition) is 4. The molecule has 158 valence electrons. The van der Waals surface area contributed by atoms with Crippen LogP contribution in [0.25, 0.3) is 0 Å². The SMILES string of the molecule is COCCO[C@H]1CCCC(CI)O[C@H](c2ccccc2)C[C@@H](c2ccccc2)O1. The first-order valence-corrected chi connectivity index (χ1v) is 11.9. The van der Waals surface area contributed by atoms with Crippen molar-refractivity contribution in [1.82, 2.24) is 0 Å². The molecule has 4 atom stereocenters. The third-order valence-electron chi connectivity index (χ3n) is 5.17. The Bertz CT molecular complexity index is 682. The van der Waals surface area contributed by atoms with Crippen LogP contribution in [0.1, 0.15) is 49.0 Å². The Morgan fingerprint density at radius 3 is 2.07 bits per heavy atom. The van der Waals surface area contributed by atoms with Crippen molar-refractivity contribution < 1.29 is 18.9 Å². The van der Waals surface area contributed by atoms with E-state index >= 15 is 0 Å². The number of benzene rings is 2. The summed E-state index contributed by atoms with van der Waals surface area (Å²) in [5, 5.41) is 0. The van der Waals surface area contributed by atoms with Gasteiger partial charge in [0.2, 0.25) is 0 Å². The van der Waals surface area contributed by atoms with Crippen LogP contribution in [0.2, 0.25) is 0 Å². The topological polar surface area (TPSA) is 36.9 Å². The van der Waals surface area contributed by atoms with Crippen LogP contribution < -0.4 is 0 Å². The van der Waals surface area contributed by atoms with Crippen LogP contribution in [-0.4, -0.2) is 37.1 Å². The maximum absolute atomic E-state index is 6.60. The second-order valence-electron chi connectivity index (χ2n) is 7.31. The van der Waals surface area contributed by atoms with Crippen molar-refractivity contribution in [2.75, 3.05) is 24.8 Å². The summed E-state index contributed by atoms with van der Waals surface area (Å²) >= 11 is 2.43. The Morgan fingerprint density at radius 2 is 1.48 bits per heavy atom. The van der Waals surface area contributed by atoms with Crippen LogP contribution in [0.5, 0.6) is 0 Å². The first-order valence-electron chi connectivity index (χ1n) is 10.4. The number of alkyl halides is 1. The predicted molar refractivity (Wildman–Crippen MR) is 123 cm³/mol. The van der Waals surface area contributed by atoms with E-state index in [2.05, 4.69) is 71.1 Å². The van der Waals surface area contributed by atoms with E-state index in [0.717, 1.165) is 35.7 Å². The minimum atomic E-state index is -0.236. The largest absolute Gasteiger partial charge is 0.382 e. The van der Waals surface area contributed by atoms with Gasteiger partial charge in [-0.15, -0.1) is 0 Å². The van der Waals surface area contributed by atoms with E-state index in [1.54, 1.807) is 7.11 Å². The summed E-state index contributed by atoms with van der Waals surface area (Å²) in [5.41, 5.74) is 2.35. The van der Waals surface area contributed by atoms with Crippen molar-refractivity contribution in [3.8, 4) is 0 Å². The summed E-state index contributed by atoms with van der Waals surface area (Å²) in [4.78, 5) is 0. The van der Waals surface area contributed by atoms with Crippen LogP contribution in [-0.2, 0) is 18.9 Å². The molecule has 0 bridgehead atoms. The summed E-state index contributed by atoms with van der Waals surface area (Å²) in [7, 11) is 1.69. The third kappa shape index (κ3) is 7.33. The molecule has 1 fully saturated rings. The van der Waals surface area contributed by atoms with Crippen LogP contribution in [0.15, 0.2) is 60.7 Å². The summed E-state index contributed by atoms with van der Waals surface area (Å²) in [6.45, 7) is 1.11. The van der Waals surface area contributed by atoms with E-state index in [4.69, 9.17) is 18.9 Å². The molecule has 0 spiro atoms. The molecular weight excluding hydrogens is 479 g/mol. The molecule has 0 aliphatic carbocycles. The number of hydrogen-bond donors (Lipinski definition) is 0. The Labute approximate surface area is 188 Å². The molecule has 0 aromatic heterocycles. The zero-order chi connectivity index (χ0) is 20.3. The van der Waals surface area contributed by atoms with E-state index in [9.17, 15) is 0 Å². The fourth-order valence-electron chi connectivity index (χ4n) is 3.63. The second-order valence-corrected chi connectivity index (χ2v) is 8.19. The zero-order valence-electron chi connectivity index (χ0n) is 17.0. The lowest BCUT2D eigenvalue weighted by Crippen LogP contribution is -2.28. The molecule has 3 rings (SSSR count). The van der Waals surface area contributed by atoms with Gasteiger partial charge in [0.1, 0.15) is 0 Å². The van der Waals surface area contributed by atoms with Crippen molar-refractivity contribution in [3.63, 3.8) is 0 Å². The molecule has 2 aromatic rings. The molecule has 1 saturated heterocycles. The summed E-state index contributed by atoms with van der Waals surface area (Å²) < 4.78 is 25.3. The fraction of sp³-hybridized carbons (Fsp3) is 0.500. The van der Waals surface area contributed by atoms with Gasteiger partial charge >= 0.3 is 0 Å². The van der Waals surface area contributed by atoms with Gasteiger partial charge in [0.05, 0.1) is 31.5 Å². The van der Waals surface area contributed by atoms with Crippen molar-refractivity contribution in [2.24, 2.45) is 0 Å². The van der Waals surface area contributed by atoms with Crippen molar-refractivity contribution in [3.05, 3.63) is 71.8 Å². The number of ether oxygens (including phenoxy) is 4. The van der Waals surface area contributed by atoms with E-state index < -0.39 is 0 Å². The maximum atomic E-state index is 6.60. The van der Waals surface area contributed by atoms with Crippen molar-refractivity contribution in [2.45, 2.75) is 50.3 Å². The minimum Gasteiger partial charge on any atom is -0.382 e. The van der Waals surface area contributed by atoms with Gasteiger partial charge in [-0.25, -0.2) is 0 Å². The summed E-state index contributed by atoms with van der Waals surface area (Å²) in [6, 6.07) is 20.9. The lowest BCUT2D eigenvalue weighted by Gasteiger charge is -2.32. The minimum absolute atomic E-state index is 0.0149. The molecule has 1 aliphatic rings. The van der Waals surface area contributed by atoms with Gasteiger partial charge < -0.3 is 18.9 Å². The van der Waals surface area contributed by atoms with Crippen molar-refractivity contribution >= 4 is 22.6 Å².